The number of primary amides is 1. The third kappa shape index (κ3) is 2.22. The smallest absolute Gasteiger partial charge is 0.227 e. The molecule has 0 spiro atoms. The van der Waals surface area contributed by atoms with E-state index in [0.29, 0.717) is 12.3 Å². The van der Waals surface area contributed by atoms with Gasteiger partial charge < -0.3 is 15.4 Å². The van der Waals surface area contributed by atoms with Crippen molar-refractivity contribution in [2.24, 2.45) is 11.7 Å². The van der Waals surface area contributed by atoms with Gasteiger partial charge in [0.1, 0.15) is 5.75 Å². The van der Waals surface area contributed by atoms with Crippen molar-refractivity contribution in [1.29, 1.82) is 0 Å². The quantitative estimate of drug-likeness (QED) is 0.829. The molecule has 1 unspecified atom stereocenters. The molecule has 17 heavy (non-hydrogen) atoms. The number of ether oxygens (including phenoxy) is 1. The van der Waals surface area contributed by atoms with Gasteiger partial charge in [-0.3, -0.25) is 9.59 Å². The van der Waals surface area contributed by atoms with Crippen LogP contribution in [0, 0.1) is 5.92 Å². The number of hydrogen-bond donors (Lipinski definition) is 1. The largest absolute Gasteiger partial charge is 0.497 e. The lowest BCUT2D eigenvalue weighted by Gasteiger charge is -2.16. The van der Waals surface area contributed by atoms with E-state index < -0.39 is 11.8 Å². The molecule has 1 aliphatic heterocycles. The second-order valence-corrected chi connectivity index (χ2v) is 4.01. The first-order chi connectivity index (χ1) is 8.11. The molecule has 1 fully saturated rings. The van der Waals surface area contributed by atoms with Gasteiger partial charge in [-0.15, -0.1) is 0 Å². The van der Waals surface area contributed by atoms with E-state index in [9.17, 15) is 9.59 Å². The van der Waals surface area contributed by atoms with Crippen molar-refractivity contribution in [3.05, 3.63) is 24.3 Å². The van der Waals surface area contributed by atoms with Gasteiger partial charge in [-0.1, -0.05) is 6.07 Å². The fraction of sp³-hybridized carbons (Fsp3) is 0.333. The maximum atomic E-state index is 11.8. The third-order valence-electron chi connectivity index (χ3n) is 2.89. The summed E-state index contributed by atoms with van der Waals surface area (Å²) >= 11 is 0. The van der Waals surface area contributed by atoms with Gasteiger partial charge in [0.05, 0.1) is 13.0 Å². The average molecular weight is 234 g/mol. The molecule has 0 saturated carbocycles. The van der Waals surface area contributed by atoms with Crippen LogP contribution in [0.1, 0.15) is 6.42 Å². The highest BCUT2D eigenvalue weighted by atomic mass is 16.5. The van der Waals surface area contributed by atoms with Crippen LogP contribution in [0.25, 0.3) is 0 Å². The van der Waals surface area contributed by atoms with Crippen LogP contribution < -0.4 is 15.4 Å². The van der Waals surface area contributed by atoms with Crippen LogP contribution in [0.4, 0.5) is 5.69 Å². The number of nitrogens with two attached hydrogens (primary N) is 1. The van der Waals surface area contributed by atoms with Crippen molar-refractivity contribution in [3.63, 3.8) is 0 Å². The van der Waals surface area contributed by atoms with Gasteiger partial charge in [0, 0.05) is 24.7 Å². The molecule has 1 aromatic rings. The monoisotopic (exact) mass is 234 g/mol. The van der Waals surface area contributed by atoms with Crippen molar-refractivity contribution < 1.29 is 14.3 Å². The van der Waals surface area contributed by atoms with E-state index in [1.54, 1.807) is 30.2 Å². The predicted molar refractivity (Wildman–Crippen MR) is 62.6 cm³/mol. The number of anilines is 1. The second kappa shape index (κ2) is 4.45. The maximum absolute atomic E-state index is 11.8. The molecule has 0 aliphatic carbocycles. The van der Waals surface area contributed by atoms with Crippen LogP contribution >= 0.6 is 0 Å². The molecular weight excluding hydrogens is 220 g/mol. The van der Waals surface area contributed by atoms with Gasteiger partial charge in [0.2, 0.25) is 11.8 Å². The minimum absolute atomic E-state index is 0.0814. The highest BCUT2D eigenvalue weighted by Gasteiger charge is 2.33. The summed E-state index contributed by atoms with van der Waals surface area (Å²) in [6.07, 6.45) is 0.187. The predicted octanol–water partition coefficient (Wildman–Crippen LogP) is 0.533. The van der Waals surface area contributed by atoms with Crippen molar-refractivity contribution in [1.82, 2.24) is 0 Å². The lowest BCUT2D eigenvalue weighted by molar-refractivity contribution is -0.123. The van der Waals surface area contributed by atoms with Gasteiger partial charge in [0.15, 0.2) is 0 Å². The first kappa shape index (κ1) is 11.4. The van der Waals surface area contributed by atoms with E-state index in [1.165, 1.54) is 0 Å². The zero-order chi connectivity index (χ0) is 12.4. The average Bonchev–Trinajstić information content (AvgIpc) is 2.72. The Bertz CT molecular complexity index is 459. The first-order valence-electron chi connectivity index (χ1n) is 5.35. The Morgan fingerprint density at radius 3 is 2.88 bits per heavy atom. The Morgan fingerprint density at radius 1 is 1.53 bits per heavy atom. The molecule has 1 heterocycles. The topological polar surface area (TPSA) is 72.6 Å². The van der Waals surface area contributed by atoms with E-state index in [4.69, 9.17) is 10.5 Å². The van der Waals surface area contributed by atoms with Gasteiger partial charge in [0.25, 0.3) is 0 Å². The van der Waals surface area contributed by atoms with E-state index >= 15 is 0 Å². The number of carbonyl (C=O) groups is 2. The molecule has 1 aliphatic rings. The molecule has 2 amide bonds. The molecule has 5 nitrogen and oxygen atoms in total. The van der Waals surface area contributed by atoms with Gasteiger partial charge in [-0.05, 0) is 12.1 Å². The standard InChI is InChI=1S/C12H14N2O3/c1-17-10-4-2-3-9(6-10)14-7-8(12(13)16)5-11(14)15/h2-4,6,8H,5,7H2,1H3,(H2,13,16). The highest BCUT2D eigenvalue weighted by Crippen LogP contribution is 2.27. The minimum Gasteiger partial charge on any atom is -0.497 e. The van der Waals surface area contributed by atoms with E-state index in [1.807, 2.05) is 6.07 Å². The molecule has 0 radical (unpaired) electrons. The van der Waals surface area contributed by atoms with Crippen LogP contribution in [-0.2, 0) is 9.59 Å². The summed E-state index contributed by atoms with van der Waals surface area (Å²) in [6.45, 7) is 0.349. The van der Waals surface area contributed by atoms with Gasteiger partial charge in [-0.2, -0.15) is 0 Å². The Kier molecular flexibility index (Phi) is 2.99. The SMILES string of the molecule is COc1cccc(N2CC(C(N)=O)CC2=O)c1. The normalized spacial score (nSPS) is 19.5. The molecule has 90 valence electrons. The van der Waals surface area contributed by atoms with Crippen molar-refractivity contribution >= 4 is 17.5 Å². The number of benzene rings is 1. The van der Waals surface area contributed by atoms with Crippen LogP contribution in [0.3, 0.4) is 0 Å². The Hall–Kier alpha value is -2.04. The summed E-state index contributed by atoms with van der Waals surface area (Å²) < 4.78 is 5.09. The van der Waals surface area contributed by atoms with Crippen LogP contribution in [-0.4, -0.2) is 25.5 Å². The molecule has 1 saturated heterocycles. The number of amides is 2. The molecule has 2 N–H and O–H groups in total. The highest BCUT2D eigenvalue weighted by molar-refractivity contribution is 6.00. The number of carbonyl (C=O) groups excluding carboxylic acids is 2. The Balaban J connectivity index is 2.22. The summed E-state index contributed by atoms with van der Waals surface area (Å²) in [6, 6.07) is 7.18. The van der Waals surface area contributed by atoms with Crippen molar-refractivity contribution in [3.8, 4) is 5.75 Å². The zero-order valence-corrected chi connectivity index (χ0v) is 9.55. The molecule has 0 bridgehead atoms. The van der Waals surface area contributed by atoms with E-state index in [-0.39, 0.29) is 12.3 Å². The molecule has 1 atom stereocenters. The third-order valence-corrected chi connectivity index (χ3v) is 2.89. The Morgan fingerprint density at radius 2 is 2.29 bits per heavy atom. The Labute approximate surface area is 99.2 Å². The fourth-order valence-electron chi connectivity index (χ4n) is 1.93. The zero-order valence-electron chi connectivity index (χ0n) is 9.55. The van der Waals surface area contributed by atoms with E-state index in [2.05, 4.69) is 0 Å². The molecule has 2 rings (SSSR count). The summed E-state index contributed by atoms with van der Waals surface area (Å²) in [5.74, 6) is -0.225. The lowest BCUT2D eigenvalue weighted by atomic mass is 10.1. The van der Waals surface area contributed by atoms with Crippen molar-refractivity contribution in [2.45, 2.75) is 6.42 Å². The van der Waals surface area contributed by atoms with Gasteiger partial charge >= 0.3 is 0 Å². The summed E-state index contributed by atoms with van der Waals surface area (Å²) in [5, 5.41) is 0. The van der Waals surface area contributed by atoms with Crippen LogP contribution in [0.15, 0.2) is 24.3 Å². The summed E-state index contributed by atoms with van der Waals surface area (Å²) in [7, 11) is 1.57. The minimum atomic E-state index is -0.427. The van der Waals surface area contributed by atoms with Gasteiger partial charge in [-0.25, -0.2) is 0 Å². The number of nitrogens with zero attached hydrogens (tertiary/aromatic N) is 1. The first-order valence-corrected chi connectivity index (χ1v) is 5.35. The maximum Gasteiger partial charge on any atom is 0.227 e. The van der Waals surface area contributed by atoms with E-state index in [0.717, 1.165) is 5.69 Å². The van der Waals surface area contributed by atoms with Crippen LogP contribution in [0.5, 0.6) is 5.75 Å². The second-order valence-electron chi connectivity index (χ2n) is 4.01. The number of rotatable bonds is 3. The lowest BCUT2D eigenvalue weighted by Crippen LogP contribution is -2.28. The number of hydrogen-bond acceptors (Lipinski definition) is 3. The van der Waals surface area contributed by atoms with Crippen molar-refractivity contribution in [2.75, 3.05) is 18.6 Å². The molecule has 5 heteroatoms. The number of methoxy groups -OCH3 is 1. The summed E-state index contributed by atoms with van der Waals surface area (Å²) in [5.41, 5.74) is 5.95. The molecule has 1 aromatic carbocycles. The summed E-state index contributed by atoms with van der Waals surface area (Å²) in [4.78, 5) is 24.4. The van der Waals surface area contributed by atoms with Crippen LogP contribution in [0.2, 0.25) is 0 Å². The fourth-order valence-corrected chi connectivity index (χ4v) is 1.93. The molecule has 0 aromatic heterocycles. The molecular formula is C12H14N2O3.